The first kappa shape index (κ1) is 18.6. The van der Waals surface area contributed by atoms with E-state index < -0.39 is 0 Å². The van der Waals surface area contributed by atoms with E-state index in [2.05, 4.69) is 15.4 Å². The molecule has 0 aliphatic carbocycles. The quantitative estimate of drug-likeness (QED) is 0.882. The number of hydrogen-bond acceptors (Lipinski definition) is 5. The summed E-state index contributed by atoms with van der Waals surface area (Å²) in [4.78, 5) is 28.1. The minimum Gasteiger partial charge on any atom is -0.438 e. The predicted octanol–water partition coefficient (Wildman–Crippen LogP) is 2.72. The molecule has 1 aliphatic rings. The summed E-state index contributed by atoms with van der Waals surface area (Å²) >= 11 is 0. The van der Waals surface area contributed by atoms with Crippen molar-refractivity contribution in [1.29, 1.82) is 0 Å². The Morgan fingerprint density at radius 2 is 1.93 bits per heavy atom. The Morgan fingerprint density at radius 1 is 1.19 bits per heavy atom. The van der Waals surface area contributed by atoms with E-state index in [9.17, 15) is 9.59 Å². The second-order valence-corrected chi connectivity index (χ2v) is 6.44. The van der Waals surface area contributed by atoms with Crippen LogP contribution in [0.2, 0.25) is 0 Å². The molecule has 0 fully saturated rings. The van der Waals surface area contributed by atoms with Crippen molar-refractivity contribution in [2.24, 2.45) is 5.10 Å². The van der Waals surface area contributed by atoms with E-state index in [4.69, 9.17) is 4.74 Å². The second-order valence-electron chi connectivity index (χ2n) is 6.44. The molecule has 7 nitrogen and oxygen atoms in total. The number of carbonyl (C=O) groups is 2. The summed E-state index contributed by atoms with van der Waals surface area (Å²) in [6, 6.07) is 9.58. The van der Waals surface area contributed by atoms with Gasteiger partial charge in [-0.15, -0.1) is 0 Å². The highest BCUT2D eigenvalue weighted by Crippen LogP contribution is 2.29. The monoisotopic (exact) mass is 366 g/mol. The standard InChI is InChI=1S/C20H22N4O3/c1-13-6-4-7-14(2)18(13)27-20-15(8-5-11-21-20)12-22-19(26)16-9-10-17(25)24(3)23-16/h4-8,11H,9-10,12H2,1-3H3,(H,22,26). The molecule has 1 aromatic carbocycles. The third kappa shape index (κ3) is 4.31. The minimum atomic E-state index is -0.295. The summed E-state index contributed by atoms with van der Waals surface area (Å²) in [6.07, 6.45) is 2.28. The number of nitrogens with one attached hydrogen (secondary N) is 1. The van der Waals surface area contributed by atoms with Crippen LogP contribution in [0, 0.1) is 13.8 Å². The molecule has 0 spiro atoms. The summed E-state index contributed by atoms with van der Waals surface area (Å²) in [6.45, 7) is 4.21. The third-order valence-corrected chi connectivity index (χ3v) is 4.37. The maximum Gasteiger partial charge on any atom is 0.267 e. The molecule has 1 N–H and O–H groups in total. The van der Waals surface area contributed by atoms with Gasteiger partial charge in [0.15, 0.2) is 0 Å². The lowest BCUT2D eigenvalue weighted by molar-refractivity contribution is -0.130. The SMILES string of the molecule is Cc1cccc(C)c1Oc1ncccc1CNC(=O)C1=NN(C)C(=O)CC1. The molecular weight excluding hydrogens is 344 g/mol. The normalized spacial score (nSPS) is 14.0. The van der Waals surface area contributed by atoms with E-state index in [1.54, 1.807) is 19.3 Å². The molecule has 0 unspecified atom stereocenters. The van der Waals surface area contributed by atoms with Crippen LogP contribution >= 0.6 is 0 Å². The number of ether oxygens (including phenoxy) is 1. The van der Waals surface area contributed by atoms with E-state index in [-0.39, 0.29) is 24.8 Å². The lowest BCUT2D eigenvalue weighted by atomic mass is 10.1. The molecule has 0 saturated heterocycles. The number of rotatable bonds is 5. The van der Waals surface area contributed by atoms with Crippen molar-refractivity contribution in [3.63, 3.8) is 0 Å². The number of hydrogen-bond donors (Lipinski definition) is 1. The average Bonchev–Trinajstić information content (AvgIpc) is 2.66. The van der Waals surface area contributed by atoms with Gasteiger partial charge in [0.25, 0.3) is 5.91 Å². The molecule has 140 valence electrons. The highest BCUT2D eigenvalue weighted by molar-refractivity contribution is 6.39. The fourth-order valence-electron chi connectivity index (χ4n) is 2.82. The number of nitrogens with zero attached hydrogens (tertiary/aromatic N) is 3. The van der Waals surface area contributed by atoms with Gasteiger partial charge >= 0.3 is 0 Å². The largest absolute Gasteiger partial charge is 0.438 e. The van der Waals surface area contributed by atoms with Gasteiger partial charge in [-0.2, -0.15) is 5.10 Å². The molecule has 27 heavy (non-hydrogen) atoms. The van der Waals surface area contributed by atoms with E-state index >= 15 is 0 Å². The van der Waals surface area contributed by atoms with Crippen LogP contribution in [0.15, 0.2) is 41.6 Å². The van der Waals surface area contributed by atoms with Gasteiger partial charge in [0.1, 0.15) is 11.5 Å². The molecule has 0 saturated carbocycles. The maximum absolute atomic E-state index is 12.4. The van der Waals surface area contributed by atoms with Gasteiger partial charge in [-0.05, 0) is 31.0 Å². The van der Waals surface area contributed by atoms with E-state index in [0.717, 1.165) is 22.4 Å². The summed E-state index contributed by atoms with van der Waals surface area (Å²) in [7, 11) is 1.55. The number of amides is 2. The predicted molar refractivity (Wildman–Crippen MR) is 102 cm³/mol. The molecule has 3 rings (SSSR count). The molecule has 1 aromatic heterocycles. The lowest BCUT2D eigenvalue weighted by Crippen LogP contribution is -2.37. The van der Waals surface area contributed by atoms with Crippen molar-refractivity contribution < 1.29 is 14.3 Å². The zero-order chi connectivity index (χ0) is 19.4. The summed E-state index contributed by atoms with van der Waals surface area (Å²) in [5.74, 6) is 0.827. The molecule has 0 atom stereocenters. The van der Waals surface area contributed by atoms with Gasteiger partial charge in [-0.1, -0.05) is 24.3 Å². The fourth-order valence-corrected chi connectivity index (χ4v) is 2.82. The van der Waals surface area contributed by atoms with Crippen molar-refractivity contribution >= 4 is 17.5 Å². The highest BCUT2D eigenvalue weighted by atomic mass is 16.5. The Morgan fingerprint density at radius 3 is 2.63 bits per heavy atom. The smallest absolute Gasteiger partial charge is 0.267 e. The highest BCUT2D eigenvalue weighted by Gasteiger charge is 2.22. The van der Waals surface area contributed by atoms with Gasteiger partial charge in [0.05, 0.1) is 0 Å². The molecule has 0 bridgehead atoms. The summed E-state index contributed by atoms with van der Waals surface area (Å²) in [5.41, 5.74) is 3.13. The Balaban J connectivity index is 1.72. The number of benzene rings is 1. The van der Waals surface area contributed by atoms with Crippen LogP contribution in [-0.2, 0) is 16.1 Å². The zero-order valence-corrected chi connectivity index (χ0v) is 15.7. The van der Waals surface area contributed by atoms with E-state index in [1.807, 2.05) is 38.1 Å². The molecule has 0 radical (unpaired) electrons. The Hall–Kier alpha value is -3.22. The molecular formula is C20H22N4O3. The first-order valence-electron chi connectivity index (χ1n) is 8.76. The van der Waals surface area contributed by atoms with Gasteiger partial charge < -0.3 is 10.1 Å². The first-order valence-corrected chi connectivity index (χ1v) is 8.76. The number of para-hydroxylation sites is 1. The van der Waals surface area contributed by atoms with Crippen LogP contribution in [0.4, 0.5) is 0 Å². The maximum atomic E-state index is 12.4. The van der Waals surface area contributed by atoms with E-state index in [0.29, 0.717) is 18.0 Å². The molecule has 2 amide bonds. The average molecular weight is 366 g/mol. The number of aryl methyl sites for hydroxylation is 2. The summed E-state index contributed by atoms with van der Waals surface area (Å²) in [5, 5.41) is 8.07. The van der Waals surface area contributed by atoms with Crippen molar-refractivity contribution in [3.05, 3.63) is 53.2 Å². The Bertz CT molecular complexity index is 888. The number of aromatic nitrogens is 1. The van der Waals surface area contributed by atoms with Crippen LogP contribution in [0.25, 0.3) is 0 Å². The zero-order valence-electron chi connectivity index (χ0n) is 15.7. The molecule has 2 heterocycles. The van der Waals surface area contributed by atoms with Crippen molar-refractivity contribution in [3.8, 4) is 11.6 Å². The van der Waals surface area contributed by atoms with Crippen LogP contribution in [0.3, 0.4) is 0 Å². The van der Waals surface area contributed by atoms with Crippen molar-refractivity contribution in [2.45, 2.75) is 33.2 Å². The minimum absolute atomic E-state index is 0.0944. The van der Waals surface area contributed by atoms with Crippen molar-refractivity contribution in [2.75, 3.05) is 7.05 Å². The topological polar surface area (TPSA) is 83.9 Å². The Labute approximate surface area is 158 Å². The van der Waals surface area contributed by atoms with Crippen LogP contribution < -0.4 is 10.1 Å². The van der Waals surface area contributed by atoms with Crippen LogP contribution in [0.5, 0.6) is 11.6 Å². The Kier molecular flexibility index (Phi) is 5.49. The first-order chi connectivity index (χ1) is 13.0. The number of pyridine rings is 1. The third-order valence-electron chi connectivity index (χ3n) is 4.37. The lowest BCUT2D eigenvalue weighted by Gasteiger charge is -2.19. The van der Waals surface area contributed by atoms with Gasteiger partial charge in [-0.3, -0.25) is 9.59 Å². The second kappa shape index (κ2) is 7.99. The van der Waals surface area contributed by atoms with Crippen molar-refractivity contribution in [1.82, 2.24) is 15.3 Å². The molecule has 2 aromatic rings. The summed E-state index contributed by atoms with van der Waals surface area (Å²) < 4.78 is 6.03. The number of hydrazone groups is 1. The number of carbonyl (C=O) groups excluding carboxylic acids is 2. The van der Waals surface area contributed by atoms with Gasteiger partial charge in [-0.25, -0.2) is 9.99 Å². The molecule has 7 heteroatoms. The van der Waals surface area contributed by atoms with Crippen LogP contribution in [-0.4, -0.2) is 34.6 Å². The van der Waals surface area contributed by atoms with E-state index in [1.165, 1.54) is 5.01 Å². The van der Waals surface area contributed by atoms with Gasteiger partial charge in [0.2, 0.25) is 11.8 Å². The van der Waals surface area contributed by atoms with Crippen LogP contribution in [0.1, 0.15) is 29.5 Å². The van der Waals surface area contributed by atoms with Gasteiger partial charge in [0, 0.05) is 38.2 Å². The molecule has 1 aliphatic heterocycles. The fraction of sp³-hybridized carbons (Fsp3) is 0.300.